The summed E-state index contributed by atoms with van der Waals surface area (Å²) in [6, 6.07) is 14.9. The van der Waals surface area contributed by atoms with Crippen molar-refractivity contribution in [3.8, 4) is 5.75 Å². The Morgan fingerprint density at radius 3 is 2.48 bits per heavy atom. The monoisotopic (exact) mass is 296 g/mol. The van der Waals surface area contributed by atoms with Crippen LogP contribution in [-0.2, 0) is 10.8 Å². The zero-order valence-corrected chi connectivity index (χ0v) is 12.5. The van der Waals surface area contributed by atoms with E-state index in [0.717, 1.165) is 20.9 Å². The Kier molecular flexibility index (Phi) is 3.76. The summed E-state index contributed by atoms with van der Waals surface area (Å²) in [5.74, 6) is 0.106. The first-order valence-corrected chi connectivity index (χ1v) is 7.96. The molecule has 0 saturated carbocycles. The van der Waals surface area contributed by atoms with Gasteiger partial charge in [0.2, 0.25) is 0 Å². The number of para-hydroxylation sites is 1. The lowest BCUT2D eigenvalue weighted by molar-refractivity contribution is 0.468. The van der Waals surface area contributed by atoms with Crippen molar-refractivity contribution in [3.63, 3.8) is 0 Å². The van der Waals surface area contributed by atoms with E-state index >= 15 is 0 Å². The standard InChI is InChI=1S/C18H16O2S/c1-13-9-11-14(12-10-13)21(20)18-8-4-6-16(18)15-5-2-3-7-17(15)19/h2-12,16,19H,1H3. The van der Waals surface area contributed by atoms with E-state index in [1.54, 1.807) is 12.1 Å². The van der Waals surface area contributed by atoms with Crippen LogP contribution in [0.2, 0.25) is 0 Å². The molecule has 2 aromatic rings. The molecule has 0 spiro atoms. The van der Waals surface area contributed by atoms with Gasteiger partial charge in [-0.3, -0.25) is 0 Å². The van der Waals surface area contributed by atoms with E-state index in [4.69, 9.17) is 0 Å². The minimum atomic E-state index is -1.22. The third-order valence-electron chi connectivity index (χ3n) is 3.59. The maximum Gasteiger partial charge on any atom is 0.119 e. The molecule has 0 heterocycles. The topological polar surface area (TPSA) is 37.3 Å². The fourth-order valence-corrected chi connectivity index (χ4v) is 3.74. The number of benzene rings is 2. The molecule has 106 valence electrons. The summed E-state index contributed by atoms with van der Waals surface area (Å²) in [7, 11) is -1.22. The van der Waals surface area contributed by atoms with Gasteiger partial charge >= 0.3 is 0 Å². The van der Waals surface area contributed by atoms with E-state index < -0.39 is 10.8 Å². The van der Waals surface area contributed by atoms with E-state index in [9.17, 15) is 9.32 Å². The predicted octanol–water partition coefficient (Wildman–Crippen LogP) is 4.05. The van der Waals surface area contributed by atoms with Gasteiger partial charge in [0, 0.05) is 21.3 Å². The highest BCUT2D eigenvalue weighted by atomic mass is 32.2. The maximum absolute atomic E-state index is 12.8. The second-order valence-electron chi connectivity index (χ2n) is 5.07. The van der Waals surface area contributed by atoms with Crippen LogP contribution >= 0.6 is 0 Å². The molecular weight excluding hydrogens is 280 g/mol. The molecule has 1 aliphatic carbocycles. The van der Waals surface area contributed by atoms with Crippen LogP contribution in [0.3, 0.4) is 0 Å². The lowest BCUT2D eigenvalue weighted by atomic mass is 10.00. The Balaban J connectivity index is 1.94. The summed E-state index contributed by atoms with van der Waals surface area (Å²) in [4.78, 5) is 1.59. The molecule has 21 heavy (non-hydrogen) atoms. The number of phenols is 1. The highest BCUT2D eigenvalue weighted by Crippen LogP contribution is 2.38. The molecule has 0 aromatic heterocycles. The zero-order valence-electron chi connectivity index (χ0n) is 11.7. The molecule has 1 aliphatic rings. The molecule has 2 unspecified atom stereocenters. The third kappa shape index (κ3) is 2.69. The molecule has 0 amide bonds. The fourth-order valence-electron chi connectivity index (χ4n) is 2.44. The van der Waals surface area contributed by atoms with Crippen molar-refractivity contribution in [1.29, 1.82) is 0 Å². The van der Waals surface area contributed by atoms with Gasteiger partial charge < -0.3 is 5.11 Å². The van der Waals surface area contributed by atoms with Gasteiger partial charge in [-0.2, -0.15) is 0 Å². The molecule has 0 radical (unpaired) electrons. The molecule has 0 bridgehead atoms. The Morgan fingerprint density at radius 2 is 1.76 bits per heavy atom. The van der Waals surface area contributed by atoms with Gasteiger partial charge in [-0.1, -0.05) is 48.0 Å². The van der Waals surface area contributed by atoms with Crippen LogP contribution < -0.4 is 0 Å². The molecule has 2 atom stereocenters. The van der Waals surface area contributed by atoms with Crippen LogP contribution in [0.15, 0.2) is 76.6 Å². The van der Waals surface area contributed by atoms with E-state index in [0.29, 0.717) is 0 Å². The van der Waals surface area contributed by atoms with Crippen molar-refractivity contribution in [2.45, 2.75) is 17.7 Å². The molecule has 0 aliphatic heterocycles. The SMILES string of the molecule is Cc1ccc(S(=O)C2=CC=CC2c2ccccc2O)cc1. The fraction of sp³-hybridized carbons (Fsp3) is 0.111. The zero-order chi connectivity index (χ0) is 14.8. The van der Waals surface area contributed by atoms with Gasteiger partial charge in [0.05, 0.1) is 10.8 Å². The number of hydrogen-bond donors (Lipinski definition) is 1. The van der Waals surface area contributed by atoms with Gasteiger partial charge in [-0.25, -0.2) is 4.21 Å². The van der Waals surface area contributed by atoms with Crippen LogP contribution in [0, 0.1) is 6.92 Å². The van der Waals surface area contributed by atoms with Gasteiger partial charge in [-0.15, -0.1) is 0 Å². The molecule has 0 fully saturated rings. The summed E-state index contributed by atoms with van der Waals surface area (Å²) >= 11 is 0. The van der Waals surface area contributed by atoms with Crippen LogP contribution in [0.1, 0.15) is 17.0 Å². The Bertz CT molecular complexity index is 742. The van der Waals surface area contributed by atoms with E-state index in [-0.39, 0.29) is 11.7 Å². The molecule has 1 N–H and O–H groups in total. The number of allylic oxidation sites excluding steroid dienone is 4. The molecule has 3 heteroatoms. The van der Waals surface area contributed by atoms with Crippen molar-refractivity contribution in [1.82, 2.24) is 0 Å². The van der Waals surface area contributed by atoms with E-state index in [1.807, 2.05) is 61.5 Å². The summed E-state index contributed by atoms with van der Waals surface area (Å²) < 4.78 is 12.8. The average Bonchev–Trinajstić information content (AvgIpc) is 2.97. The molecule has 0 saturated heterocycles. The van der Waals surface area contributed by atoms with Gasteiger partial charge in [0.25, 0.3) is 0 Å². The Labute approximate surface area is 126 Å². The van der Waals surface area contributed by atoms with Crippen LogP contribution in [-0.4, -0.2) is 9.32 Å². The summed E-state index contributed by atoms with van der Waals surface area (Å²) in [6.45, 7) is 2.01. The van der Waals surface area contributed by atoms with Gasteiger partial charge in [0.15, 0.2) is 0 Å². The largest absolute Gasteiger partial charge is 0.508 e. The molecular formula is C18H16O2S. The number of rotatable bonds is 3. The minimum absolute atomic E-state index is 0.131. The number of hydrogen-bond acceptors (Lipinski definition) is 2. The van der Waals surface area contributed by atoms with Crippen molar-refractivity contribution in [3.05, 3.63) is 82.8 Å². The highest BCUT2D eigenvalue weighted by Gasteiger charge is 2.24. The lowest BCUT2D eigenvalue weighted by Gasteiger charge is -2.15. The minimum Gasteiger partial charge on any atom is -0.508 e. The first kappa shape index (κ1) is 13.8. The van der Waals surface area contributed by atoms with Gasteiger partial charge in [-0.05, 0) is 31.2 Å². The smallest absolute Gasteiger partial charge is 0.119 e. The first-order valence-electron chi connectivity index (χ1n) is 6.81. The highest BCUT2D eigenvalue weighted by molar-refractivity contribution is 7.89. The number of phenolic OH excluding ortho intramolecular Hbond substituents is 1. The number of aromatic hydroxyl groups is 1. The van der Waals surface area contributed by atoms with Crippen LogP contribution in [0.25, 0.3) is 0 Å². The molecule has 2 aromatic carbocycles. The summed E-state index contributed by atoms with van der Waals surface area (Å²) in [5, 5.41) is 10.0. The van der Waals surface area contributed by atoms with Crippen molar-refractivity contribution in [2.75, 3.05) is 0 Å². The Hall–Kier alpha value is -2.13. The average molecular weight is 296 g/mol. The van der Waals surface area contributed by atoms with Crippen molar-refractivity contribution < 1.29 is 9.32 Å². The lowest BCUT2D eigenvalue weighted by Crippen LogP contribution is -2.04. The quantitative estimate of drug-likeness (QED) is 0.928. The second kappa shape index (κ2) is 5.70. The third-order valence-corrected chi connectivity index (χ3v) is 5.11. The second-order valence-corrected chi connectivity index (χ2v) is 6.55. The predicted molar refractivity (Wildman–Crippen MR) is 85.7 cm³/mol. The normalized spacial score (nSPS) is 18.5. The van der Waals surface area contributed by atoms with E-state index in [1.165, 1.54) is 0 Å². The number of aryl methyl sites for hydroxylation is 1. The maximum atomic E-state index is 12.8. The van der Waals surface area contributed by atoms with Crippen LogP contribution in [0.5, 0.6) is 5.75 Å². The van der Waals surface area contributed by atoms with Crippen molar-refractivity contribution in [2.24, 2.45) is 0 Å². The Morgan fingerprint density at radius 1 is 1.05 bits per heavy atom. The van der Waals surface area contributed by atoms with E-state index in [2.05, 4.69) is 0 Å². The first-order chi connectivity index (χ1) is 10.2. The van der Waals surface area contributed by atoms with Crippen LogP contribution in [0.4, 0.5) is 0 Å². The molecule has 2 nitrogen and oxygen atoms in total. The summed E-state index contributed by atoms with van der Waals surface area (Å²) in [6.07, 6.45) is 5.75. The summed E-state index contributed by atoms with van der Waals surface area (Å²) in [5.41, 5.74) is 1.93. The van der Waals surface area contributed by atoms with Gasteiger partial charge in [0.1, 0.15) is 5.75 Å². The van der Waals surface area contributed by atoms with Crippen molar-refractivity contribution >= 4 is 10.8 Å². The molecule has 3 rings (SSSR count).